The fourth-order valence-corrected chi connectivity index (χ4v) is 1.67. The van der Waals surface area contributed by atoms with E-state index in [0.29, 0.717) is 0 Å². The van der Waals surface area contributed by atoms with Crippen LogP contribution in [-0.2, 0) is 10.9 Å². The van der Waals surface area contributed by atoms with Gasteiger partial charge in [-0.05, 0) is 18.2 Å². The molecule has 1 N–H and O–H groups in total. The Labute approximate surface area is 95.0 Å². The van der Waals surface area contributed by atoms with Crippen molar-refractivity contribution in [2.24, 2.45) is 0 Å². The van der Waals surface area contributed by atoms with Crippen molar-refractivity contribution in [3.63, 3.8) is 0 Å². The first kappa shape index (κ1) is 11.9. The topological polar surface area (TPSA) is 33.9 Å². The summed E-state index contributed by atoms with van der Waals surface area (Å²) in [5.74, 6) is 0. The van der Waals surface area contributed by atoms with Crippen LogP contribution in [0.4, 0.5) is 13.2 Å². The largest absolute Gasteiger partial charge is 0.418 e. The minimum Gasteiger partial charge on any atom is -0.364 e. The zero-order valence-corrected chi connectivity index (χ0v) is 8.90. The van der Waals surface area contributed by atoms with Crippen LogP contribution in [0.15, 0.2) is 30.6 Å². The molecular weight excluding hydrogens is 235 g/mol. The normalized spacial score (nSPS) is 14.2. The highest BCUT2D eigenvalue weighted by Crippen LogP contribution is 2.33. The van der Waals surface area contributed by atoms with Gasteiger partial charge in [-0.2, -0.15) is 13.2 Å². The molecule has 0 spiro atoms. The van der Waals surface area contributed by atoms with E-state index in [4.69, 9.17) is 0 Å². The Morgan fingerprint density at radius 2 is 2.12 bits per heavy atom. The number of hydrogen-bond donors (Lipinski definition) is 1. The lowest BCUT2D eigenvalue weighted by atomic mass is 10.2. The Kier molecular flexibility index (Phi) is 2.84. The Bertz CT molecular complexity index is 533. The molecule has 17 heavy (non-hydrogen) atoms. The molecule has 2 aromatic rings. The number of alkyl halides is 3. The van der Waals surface area contributed by atoms with Crippen molar-refractivity contribution in [3.05, 3.63) is 41.7 Å². The molecule has 0 aliphatic rings. The van der Waals surface area contributed by atoms with Crippen LogP contribution >= 0.6 is 0 Å². The number of nitrogens with zero attached hydrogens (tertiary/aromatic N) is 1. The lowest BCUT2D eigenvalue weighted by molar-refractivity contribution is -0.136. The molecule has 0 aliphatic carbocycles. The molecular formula is C11H10F3NO2. The van der Waals surface area contributed by atoms with E-state index in [0.717, 1.165) is 6.07 Å². The van der Waals surface area contributed by atoms with Crippen molar-refractivity contribution in [3.8, 4) is 0 Å². The summed E-state index contributed by atoms with van der Waals surface area (Å²) in [5.41, 5.74) is -0.468. The Morgan fingerprint density at radius 3 is 2.71 bits per heavy atom. The monoisotopic (exact) mass is 245 g/mol. The standard InChI is InChI=1S/C11H10F3NO2/c1-17-10(16)7-5-9-8(11(12,13)14)3-2-4-15(9)6-7/h2-6,10,16H,1H3. The van der Waals surface area contributed by atoms with Gasteiger partial charge in [0.1, 0.15) is 0 Å². The summed E-state index contributed by atoms with van der Waals surface area (Å²) < 4.78 is 44.1. The van der Waals surface area contributed by atoms with Crippen molar-refractivity contribution < 1.29 is 23.0 Å². The SMILES string of the molecule is COC(O)c1cc2c(C(F)(F)F)cccn2c1. The zero-order valence-electron chi connectivity index (χ0n) is 8.90. The van der Waals surface area contributed by atoms with Crippen LogP contribution in [0, 0.1) is 0 Å². The Balaban J connectivity index is 2.61. The van der Waals surface area contributed by atoms with E-state index in [-0.39, 0.29) is 11.1 Å². The van der Waals surface area contributed by atoms with Gasteiger partial charge in [0.05, 0.1) is 11.1 Å². The van der Waals surface area contributed by atoms with E-state index in [2.05, 4.69) is 4.74 Å². The molecule has 2 heterocycles. The number of aliphatic hydroxyl groups is 1. The maximum absolute atomic E-state index is 12.7. The maximum atomic E-state index is 12.7. The van der Waals surface area contributed by atoms with Crippen LogP contribution in [0.5, 0.6) is 0 Å². The van der Waals surface area contributed by atoms with Crippen LogP contribution in [-0.4, -0.2) is 16.6 Å². The number of halogens is 3. The average molecular weight is 245 g/mol. The van der Waals surface area contributed by atoms with Crippen LogP contribution in [0.1, 0.15) is 17.4 Å². The van der Waals surface area contributed by atoms with Gasteiger partial charge < -0.3 is 14.2 Å². The summed E-state index contributed by atoms with van der Waals surface area (Å²) in [4.78, 5) is 0. The summed E-state index contributed by atoms with van der Waals surface area (Å²) >= 11 is 0. The van der Waals surface area contributed by atoms with Crippen LogP contribution in [0.2, 0.25) is 0 Å². The summed E-state index contributed by atoms with van der Waals surface area (Å²) in [5, 5.41) is 9.41. The predicted octanol–water partition coefficient (Wildman–Crippen LogP) is 2.60. The molecule has 1 atom stereocenters. The predicted molar refractivity (Wildman–Crippen MR) is 54.4 cm³/mol. The molecule has 0 aromatic carbocycles. The molecule has 0 saturated heterocycles. The number of aromatic nitrogens is 1. The molecule has 0 amide bonds. The number of fused-ring (bicyclic) bond motifs is 1. The third-order valence-corrected chi connectivity index (χ3v) is 2.47. The second kappa shape index (κ2) is 4.05. The van der Waals surface area contributed by atoms with Crippen molar-refractivity contribution in [1.82, 2.24) is 4.40 Å². The third kappa shape index (κ3) is 2.13. The number of pyridine rings is 1. The van der Waals surface area contributed by atoms with Gasteiger partial charge in [0.25, 0.3) is 0 Å². The van der Waals surface area contributed by atoms with Crippen molar-refractivity contribution in [2.75, 3.05) is 7.11 Å². The van der Waals surface area contributed by atoms with Gasteiger partial charge in [0, 0.05) is 25.1 Å². The van der Waals surface area contributed by atoms with E-state index in [1.165, 1.54) is 36.0 Å². The van der Waals surface area contributed by atoms with Crippen LogP contribution in [0.3, 0.4) is 0 Å². The third-order valence-electron chi connectivity index (χ3n) is 2.47. The second-order valence-corrected chi connectivity index (χ2v) is 3.57. The minimum atomic E-state index is -4.42. The molecule has 2 aromatic heterocycles. The van der Waals surface area contributed by atoms with Crippen molar-refractivity contribution in [1.29, 1.82) is 0 Å². The smallest absolute Gasteiger partial charge is 0.364 e. The lowest BCUT2D eigenvalue weighted by Crippen LogP contribution is -2.06. The van der Waals surface area contributed by atoms with Crippen molar-refractivity contribution in [2.45, 2.75) is 12.5 Å². The first-order chi connectivity index (χ1) is 7.93. The summed E-state index contributed by atoms with van der Waals surface area (Å²) in [7, 11) is 1.28. The molecule has 0 radical (unpaired) electrons. The van der Waals surface area contributed by atoms with Gasteiger partial charge in [-0.15, -0.1) is 0 Å². The Morgan fingerprint density at radius 1 is 1.41 bits per heavy atom. The zero-order chi connectivity index (χ0) is 12.6. The lowest BCUT2D eigenvalue weighted by Gasteiger charge is -2.07. The maximum Gasteiger partial charge on any atom is 0.418 e. The molecule has 6 heteroatoms. The fourth-order valence-electron chi connectivity index (χ4n) is 1.67. The highest BCUT2D eigenvalue weighted by atomic mass is 19.4. The number of methoxy groups -OCH3 is 1. The quantitative estimate of drug-likeness (QED) is 0.825. The van der Waals surface area contributed by atoms with Gasteiger partial charge in [-0.25, -0.2) is 0 Å². The average Bonchev–Trinajstić information content (AvgIpc) is 2.69. The molecule has 0 saturated carbocycles. The van der Waals surface area contributed by atoms with E-state index in [1.807, 2.05) is 0 Å². The summed E-state index contributed by atoms with van der Waals surface area (Å²) in [6, 6.07) is 3.56. The summed E-state index contributed by atoms with van der Waals surface area (Å²) in [6.45, 7) is 0. The fraction of sp³-hybridized carbons (Fsp3) is 0.273. The van der Waals surface area contributed by atoms with Gasteiger partial charge in [-0.1, -0.05) is 0 Å². The highest BCUT2D eigenvalue weighted by Gasteiger charge is 2.33. The van der Waals surface area contributed by atoms with Gasteiger partial charge in [-0.3, -0.25) is 0 Å². The molecule has 1 unspecified atom stereocenters. The van der Waals surface area contributed by atoms with E-state index < -0.39 is 18.0 Å². The number of ether oxygens (including phenoxy) is 1. The summed E-state index contributed by atoms with van der Waals surface area (Å²) in [6.07, 6.45) is -2.76. The number of aliphatic hydroxyl groups excluding tert-OH is 1. The highest BCUT2D eigenvalue weighted by molar-refractivity contribution is 5.58. The van der Waals surface area contributed by atoms with Gasteiger partial charge >= 0.3 is 6.18 Å². The molecule has 92 valence electrons. The number of rotatable bonds is 2. The van der Waals surface area contributed by atoms with E-state index >= 15 is 0 Å². The number of hydrogen-bond acceptors (Lipinski definition) is 2. The molecule has 0 fully saturated rings. The van der Waals surface area contributed by atoms with E-state index in [9.17, 15) is 18.3 Å². The molecule has 3 nitrogen and oxygen atoms in total. The van der Waals surface area contributed by atoms with Crippen LogP contribution < -0.4 is 0 Å². The molecule has 2 rings (SSSR count). The minimum absolute atomic E-state index is 0.00824. The van der Waals surface area contributed by atoms with Crippen LogP contribution in [0.25, 0.3) is 5.52 Å². The first-order valence-corrected chi connectivity index (χ1v) is 4.82. The first-order valence-electron chi connectivity index (χ1n) is 4.82. The van der Waals surface area contributed by atoms with Gasteiger partial charge in [0.15, 0.2) is 6.29 Å². The van der Waals surface area contributed by atoms with E-state index in [1.54, 1.807) is 0 Å². The molecule has 0 bridgehead atoms. The second-order valence-electron chi connectivity index (χ2n) is 3.57. The Hall–Kier alpha value is -1.53. The van der Waals surface area contributed by atoms with Gasteiger partial charge in [0.2, 0.25) is 0 Å². The molecule has 0 aliphatic heterocycles. The van der Waals surface area contributed by atoms with Crippen molar-refractivity contribution >= 4 is 5.52 Å².